The van der Waals surface area contributed by atoms with Crippen molar-refractivity contribution < 1.29 is 4.74 Å². The summed E-state index contributed by atoms with van der Waals surface area (Å²) in [5.74, 6) is 1.36. The molecule has 0 saturated heterocycles. The molecule has 0 N–H and O–H groups in total. The summed E-state index contributed by atoms with van der Waals surface area (Å²) in [6.07, 6.45) is 0. The third-order valence-electron chi connectivity index (χ3n) is 2.91. The van der Waals surface area contributed by atoms with Gasteiger partial charge in [0.05, 0.1) is 6.04 Å². The Kier molecular flexibility index (Phi) is 2.99. The monoisotopic (exact) mass is 217 g/mol. The summed E-state index contributed by atoms with van der Waals surface area (Å²) in [6, 6.07) is 6.75. The Labute approximate surface area is 97.4 Å². The van der Waals surface area contributed by atoms with Crippen molar-refractivity contribution in [2.45, 2.75) is 33.7 Å². The topological polar surface area (TPSA) is 21.6 Å². The van der Waals surface area contributed by atoms with Gasteiger partial charge in [0.25, 0.3) is 0 Å². The van der Waals surface area contributed by atoms with Crippen LogP contribution in [0.1, 0.15) is 30.5 Å². The second-order valence-electron chi connectivity index (χ2n) is 4.93. The molecule has 2 rings (SSSR count). The van der Waals surface area contributed by atoms with Crippen LogP contribution in [0.3, 0.4) is 0 Å². The molecule has 0 radical (unpaired) electrons. The van der Waals surface area contributed by atoms with Crippen LogP contribution in [0.2, 0.25) is 0 Å². The van der Waals surface area contributed by atoms with Crippen molar-refractivity contribution in [1.29, 1.82) is 0 Å². The summed E-state index contributed by atoms with van der Waals surface area (Å²) in [4.78, 5) is 4.63. The molecule has 1 heterocycles. The minimum Gasteiger partial charge on any atom is -0.475 e. The van der Waals surface area contributed by atoms with Gasteiger partial charge in [-0.25, -0.2) is 4.99 Å². The maximum atomic E-state index is 5.67. The first-order valence-electron chi connectivity index (χ1n) is 5.85. The molecule has 1 unspecified atom stereocenters. The zero-order valence-electron chi connectivity index (χ0n) is 10.4. The Morgan fingerprint density at radius 2 is 1.81 bits per heavy atom. The van der Waals surface area contributed by atoms with E-state index in [1.54, 1.807) is 0 Å². The number of rotatable bonds is 2. The summed E-state index contributed by atoms with van der Waals surface area (Å²) in [5.41, 5.74) is 3.63. The lowest BCUT2D eigenvalue weighted by Crippen LogP contribution is -2.13. The molecule has 2 nitrogen and oxygen atoms in total. The molecule has 0 saturated carbocycles. The average Bonchev–Trinajstić information content (AvgIpc) is 2.64. The molecule has 1 aliphatic rings. The normalized spacial score (nSPS) is 19.8. The fourth-order valence-electron chi connectivity index (χ4n) is 1.99. The number of ether oxygens (including phenoxy) is 1. The van der Waals surface area contributed by atoms with Gasteiger partial charge in [-0.2, -0.15) is 0 Å². The maximum absolute atomic E-state index is 5.67. The lowest BCUT2D eigenvalue weighted by molar-refractivity contribution is 0.292. The van der Waals surface area contributed by atoms with Gasteiger partial charge in [-0.1, -0.05) is 31.0 Å². The van der Waals surface area contributed by atoms with Crippen molar-refractivity contribution in [1.82, 2.24) is 0 Å². The van der Waals surface area contributed by atoms with Crippen molar-refractivity contribution in [2.75, 3.05) is 6.61 Å². The Balaban J connectivity index is 2.28. The SMILES string of the molecule is Cc1cc(C)cc(C2=NC(C(C)C)CO2)c1. The smallest absolute Gasteiger partial charge is 0.216 e. The third-order valence-corrected chi connectivity index (χ3v) is 2.91. The minimum atomic E-state index is 0.316. The molecule has 0 aromatic heterocycles. The fourth-order valence-corrected chi connectivity index (χ4v) is 1.99. The van der Waals surface area contributed by atoms with E-state index >= 15 is 0 Å². The van der Waals surface area contributed by atoms with Crippen molar-refractivity contribution >= 4 is 5.90 Å². The molecular weight excluding hydrogens is 198 g/mol. The molecule has 0 aliphatic carbocycles. The third kappa shape index (κ3) is 2.26. The van der Waals surface area contributed by atoms with Gasteiger partial charge in [-0.05, 0) is 31.9 Å². The summed E-state index contributed by atoms with van der Waals surface area (Å²) in [7, 11) is 0. The molecule has 0 spiro atoms. The van der Waals surface area contributed by atoms with Gasteiger partial charge in [0, 0.05) is 5.56 Å². The summed E-state index contributed by atoms with van der Waals surface area (Å²) in [5, 5.41) is 0. The van der Waals surface area contributed by atoms with E-state index in [4.69, 9.17) is 4.74 Å². The average molecular weight is 217 g/mol. The first-order valence-corrected chi connectivity index (χ1v) is 5.85. The van der Waals surface area contributed by atoms with Crippen LogP contribution in [0.15, 0.2) is 23.2 Å². The van der Waals surface area contributed by atoms with Crippen molar-refractivity contribution in [3.8, 4) is 0 Å². The van der Waals surface area contributed by atoms with E-state index in [9.17, 15) is 0 Å². The van der Waals surface area contributed by atoms with Crippen LogP contribution in [0, 0.1) is 19.8 Å². The van der Waals surface area contributed by atoms with E-state index in [2.05, 4.69) is 50.9 Å². The van der Waals surface area contributed by atoms with E-state index in [0.29, 0.717) is 12.0 Å². The fraction of sp³-hybridized carbons (Fsp3) is 0.500. The van der Waals surface area contributed by atoms with E-state index in [0.717, 1.165) is 18.1 Å². The number of hydrogen-bond donors (Lipinski definition) is 0. The van der Waals surface area contributed by atoms with Crippen LogP contribution in [0.5, 0.6) is 0 Å². The van der Waals surface area contributed by atoms with Gasteiger partial charge in [0.15, 0.2) is 0 Å². The first kappa shape index (κ1) is 11.2. The molecule has 1 aromatic rings. The Morgan fingerprint density at radius 1 is 1.19 bits per heavy atom. The maximum Gasteiger partial charge on any atom is 0.216 e. The molecule has 1 atom stereocenters. The van der Waals surface area contributed by atoms with Crippen LogP contribution in [-0.4, -0.2) is 18.5 Å². The number of benzene rings is 1. The van der Waals surface area contributed by atoms with Crippen molar-refractivity contribution in [2.24, 2.45) is 10.9 Å². The molecule has 0 amide bonds. The quantitative estimate of drug-likeness (QED) is 0.746. The van der Waals surface area contributed by atoms with E-state index in [1.807, 2.05) is 0 Å². The van der Waals surface area contributed by atoms with Crippen molar-refractivity contribution in [3.63, 3.8) is 0 Å². The minimum absolute atomic E-state index is 0.316. The Morgan fingerprint density at radius 3 is 2.31 bits per heavy atom. The summed E-state index contributed by atoms with van der Waals surface area (Å²) < 4.78 is 5.67. The van der Waals surface area contributed by atoms with E-state index in [-0.39, 0.29) is 0 Å². The van der Waals surface area contributed by atoms with Gasteiger partial charge >= 0.3 is 0 Å². The molecule has 2 heteroatoms. The zero-order chi connectivity index (χ0) is 11.7. The predicted molar refractivity (Wildman–Crippen MR) is 67.0 cm³/mol. The molecule has 1 aromatic carbocycles. The summed E-state index contributed by atoms with van der Waals surface area (Å²) >= 11 is 0. The van der Waals surface area contributed by atoms with Gasteiger partial charge in [-0.3, -0.25) is 0 Å². The number of aryl methyl sites for hydroxylation is 2. The second-order valence-corrected chi connectivity index (χ2v) is 4.93. The van der Waals surface area contributed by atoms with Crippen LogP contribution < -0.4 is 0 Å². The zero-order valence-corrected chi connectivity index (χ0v) is 10.4. The van der Waals surface area contributed by atoms with Crippen LogP contribution in [0.4, 0.5) is 0 Å². The molecule has 1 aliphatic heterocycles. The standard InChI is InChI=1S/C14H19NO/c1-9(2)13-8-16-14(15-13)12-6-10(3)5-11(4)7-12/h5-7,9,13H,8H2,1-4H3. The molecule has 86 valence electrons. The molecule has 0 fully saturated rings. The lowest BCUT2D eigenvalue weighted by Gasteiger charge is -2.06. The van der Waals surface area contributed by atoms with E-state index < -0.39 is 0 Å². The van der Waals surface area contributed by atoms with Crippen LogP contribution >= 0.6 is 0 Å². The highest BCUT2D eigenvalue weighted by atomic mass is 16.5. The van der Waals surface area contributed by atoms with Gasteiger partial charge in [0.2, 0.25) is 5.90 Å². The second kappa shape index (κ2) is 4.28. The molecule has 0 bridgehead atoms. The lowest BCUT2D eigenvalue weighted by atomic mass is 10.1. The van der Waals surface area contributed by atoms with Crippen LogP contribution in [-0.2, 0) is 4.74 Å². The van der Waals surface area contributed by atoms with Crippen LogP contribution in [0.25, 0.3) is 0 Å². The summed E-state index contributed by atoms with van der Waals surface area (Å²) in [6.45, 7) is 9.29. The predicted octanol–water partition coefficient (Wildman–Crippen LogP) is 3.10. The number of nitrogens with zero attached hydrogens (tertiary/aromatic N) is 1. The molecule has 16 heavy (non-hydrogen) atoms. The van der Waals surface area contributed by atoms with Gasteiger partial charge < -0.3 is 4.74 Å². The number of hydrogen-bond acceptors (Lipinski definition) is 2. The highest BCUT2D eigenvalue weighted by molar-refractivity contribution is 5.95. The largest absolute Gasteiger partial charge is 0.475 e. The van der Waals surface area contributed by atoms with Gasteiger partial charge in [-0.15, -0.1) is 0 Å². The highest BCUT2D eigenvalue weighted by Gasteiger charge is 2.22. The van der Waals surface area contributed by atoms with Gasteiger partial charge in [0.1, 0.15) is 6.61 Å². The van der Waals surface area contributed by atoms with Crippen molar-refractivity contribution in [3.05, 3.63) is 34.9 Å². The highest BCUT2D eigenvalue weighted by Crippen LogP contribution is 2.19. The Bertz CT molecular complexity index is 400. The van der Waals surface area contributed by atoms with E-state index in [1.165, 1.54) is 11.1 Å². The molecular formula is C14H19NO. The number of aliphatic imine (C=N–C) groups is 1. The Hall–Kier alpha value is -1.31. The first-order chi connectivity index (χ1) is 7.56.